The van der Waals surface area contributed by atoms with Crippen LogP contribution in [-0.2, 0) is 21.3 Å². The normalized spacial score (nSPS) is 11.0. The molecule has 0 radical (unpaired) electrons. The van der Waals surface area contributed by atoms with E-state index in [1.807, 2.05) is 0 Å². The maximum atomic E-state index is 12.6. The molecule has 1 aromatic rings. The molecule has 1 rings (SSSR count). The van der Waals surface area contributed by atoms with Gasteiger partial charge in [-0.3, -0.25) is 4.79 Å². The van der Waals surface area contributed by atoms with E-state index in [0.717, 1.165) is 0 Å². The van der Waals surface area contributed by atoms with Crippen LogP contribution in [-0.4, -0.2) is 18.1 Å². The summed E-state index contributed by atoms with van der Waals surface area (Å²) in [4.78, 5) is 11.3. The van der Waals surface area contributed by atoms with E-state index in [0.29, 0.717) is 10.9 Å². The first kappa shape index (κ1) is 17.9. The molecule has 0 spiro atoms. The Bertz CT molecular complexity index is 570. The zero-order valence-electron chi connectivity index (χ0n) is 11.0. The van der Waals surface area contributed by atoms with Gasteiger partial charge in [0.1, 0.15) is 6.07 Å². The highest BCUT2D eigenvalue weighted by molar-refractivity contribution is 9.08. The highest BCUT2D eigenvalue weighted by Crippen LogP contribution is 2.41. The fourth-order valence-electron chi connectivity index (χ4n) is 1.65. The van der Waals surface area contributed by atoms with Gasteiger partial charge in [0, 0.05) is 10.2 Å². The van der Waals surface area contributed by atoms with Gasteiger partial charge in [-0.25, -0.2) is 0 Å². The van der Waals surface area contributed by atoms with Crippen LogP contribution in [0.3, 0.4) is 0 Å². The molecule has 0 unspecified atom stereocenters. The zero-order chi connectivity index (χ0) is 16.0. The molecule has 21 heavy (non-hydrogen) atoms. The van der Waals surface area contributed by atoms with Crippen molar-refractivity contribution in [1.29, 1.82) is 5.26 Å². The summed E-state index contributed by atoms with van der Waals surface area (Å²) < 4.78 is 42.7. The van der Waals surface area contributed by atoms with Crippen molar-refractivity contribution in [2.75, 3.05) is 6.61 Å². The van der Waals surface area contributed by atoms with Gasteiger partial charge in [0.15, 0.2) is 0 Å². The van der Waals surface area contributed by atoms with Crippen molar-refractivity contribution in [3.8, 4) is 6.07 Å². The van der Waals surface area contributed by atoms with Gasteiger partial charge in [-0.15, -0.1) is 0 Å². The summed E-state index contributed by atoms with van der Waals surface area (Å²) in [5, 5.41) is 9.40. The lowest BCUT2D eigenvalue weighted by Crippen LogP contribution is -2.11. The summed E-state index contributed by atoms with van der Waals surface area (Å²) in [6.07, 6.45) is -0.304. The molecule has 0 fully saturated rings. The molecule has 1 aromatic carbocycles. The smallest absolute Gasteiger partial charge is 0.446 e. The molecule has 0 heterocycles. The van der Waals surface area contributed by atoms with Gasteiger partial charge in [0.05, 0.1) is 18.6 Å². The Morgan fingerprint density at radius 1 is 1.48 bits per heavy atom. The van der Waals surface area contributed by atoms with E-state index < -0.39 is 11.5 Å². The van der Waals surface area contributed by atoms with Gasteiger partial charge < -0.3 is 4.74 Å². The van der Waals surface area contributed by atoms with E-state index >= 15 is 0 Å². The zero-order valence-corrected chi connectivity index (χ0v) is 13.4. The Hall–Kier alpha value is -1.20. The van der Waals surface area contributed by atoms with Crippen LogP contribution in [0.2, 0.25) is 0 Å². The summed E-state index contributed by atoms with van der Waals surface area (Å²) in [5.74, 6) is -0.628. The second-order valence-corrected chi connectivity index (χ2v) is 5.54. The largest absolute Gasteiger partial charge is 0.466 e. The lowest BCUT2D eigenvalue weighted by atomic mass is 10.0. The van der Waals surface area contributed by atoms with E-state index in [1.54, 1.807) is 13.0 Å². The van der Waals surface area contributed by atoms with E-state index in [4.69, 9.17) is 10.00 Å². The molecule has 0 saturated carbocycles. The third-order valence-electron chi connectivity index (χ3n) is 2.36. The fourth-order valence-corrected chi connectivity index (χ4v) is 2.68. The topological polar surface area (TPSA) is 50.1 Å². The van der Waals surface area contributed by atoms with E-state index in [2.05, 4.69) is 15.9 Å². The first-order valence-electron chi connectivity index (χ1n) is 5.84. The number of alkyl halides is 4. The third-order valence-corrected chi connectivity index (χ3v) is 3.92. The monoisotopic (exact) mass is 381 g/mol. The van der Waals surface area contributed by atoms with Crippen molar-refractivity contribution in [1.82, 2.24) is 0 Å². The number of halogens is 4. The quantitative estimate of drug-likeness (QED) is 0.436. The molecule has 0 N–H and O–H groups in total. The number of nitrogens with zero attached hydrogens (tertiary/aromatic N) is 1. The molecule has 0 amide bonds. The van der Waals surface area contributed by atoms with Gasteiger partial charge in [0.2, 0.25) is 0 Å². The number of ether oxygens (including phenoxy) is 1. The molecule has 0 aromatic heterocycles. The molecule has 8 heteroatoms. The predicted octanol–water partition coefficient (Wildman–Crippen LogP) is 4.17. The average Bonchev–Trinajstić information content (AvgIpc) is 2.39. The van der Waals surface area contributed by atoms with Crippen LogP contribution in [0.25, 0.3) is 0 Å². The van der Waals surface area contributed by atoms with Crippen LogP contribution in [0.15, 0.2) is 17.0 Å². The van der Waals surface area contributed by atoms with Crippen molar-refractivity contribution in [2.45, 2.75) is 29.1 Å². The Kier molecular flexibility index (Phi) is 6.55. The van der Waals surface area contributed by atoms with Crippen molar-refractivity contribution in [3.63, 3.8) is 0 Å². The molecule has 0 aliphatic carbocycles. The van der Waals surface area contributed by atoms with Crippen LogP contribution in [0.1, 0.15) is 23.6 Å². The molecule has 3 nitrogen and oxygen atoms in total. The number of hydrogen-bond donors (Lipinski definition) is 0. The maximum Gasteiger partial charge on any atom is 0.446 e. The van der Waals surface area contributed by atoms with E-state index in [1.165, 1.54) is 12.1 Å². The number of thioether (sulfide) groups is 1. The van der Waals surface area contributed by atoms with Gasteiger partial charge in [-0.05, 0) is 35.9 Å². The minimum Gasteiger partial charge on any atom is -0.466 e. The van der Waals surface area contributed by atoms with E-state index in [9.17, 15) is 18.0 Å². The first-order valence-corrected chi connectivity index (χ1v) is 7.77. The molecular formula is C13H11BrF3NO2S. The van der Waals surface area contributed by atoms with Crippen molar-refractivity contribution < 1.29 is 22.7 Å². The van der Waals surface area contributed by atoms with E-state index in [-0.39, 0.29) is 40.8 Å². The number of benzene rings is 1. The molecule has 0 saturated heterocycles. The van der Waals surface area contributed by atoms with Gasteiger partial charge in [0.25, 0.3) is 0 Å². The lowest BCUT2D eigenvalue weighted by molar-refractivity contribution is -0.142. The van der Waals surface area contributed by atoms with Crippen LogP contribution in [0.5, 0.6) is 0 Å². The number of esters is 1. The van der Waals surface area contributed by atoms with Gasteiger partial charge in [-0.2, -0.15) is 18.4 Å². The number of carbonyl (C=O) groups is 1. The SMILES string of the molecule is CCOC(=O)Cc1cc(CBr)cc(C#N)c1SC(F)(F)F. The number of nitriles is 1. The summed E-state index contributed by atoms with van der Waals surface area (Å²) in [5.41, 5.74) is -3.87. The van der Waals surface area contributed by atoms with Crippen molar-refractivity contribution in [3.05, 3.63) is 28.8 Å². The molecule has 0 atom stereocenters. The predicted molar refractivity (Wildman–Crippen MR) is 76.0 cm³/mol. The Morgan fingerprint density at radius 2 is 2.14 bits per heavy atom. The minimum absolute atomic E-state index is 0.103. The number of rotatable bonds is 5. The summed E-state index contributed by atoms with van der Waals surface area (Å²) in [6.45, 7) is 1.75. The fraction of sp³-hybridized carbons (Fsp3) is 0.385. The Morgan fingerprint density at radius 3 is 2.62 bits per heavy atom. The summed E-state index contributed by atoms with van der Waals surface area (Å²) >= 11 is 2.80. The highest BCUT2D eigenvalue weighted by atomic mass is 79.9. The van der Waals surface area contributed by atoms with Crippen molar-refractivity contribution in [2.24, 2.45) is 0 Å². The molecule has 0 aliphatic heterocycles. The van der Waals surface area contributed by atoms with Crippen LogP contribution in [0, 0.1) is 11.3 Å². The molecule has 114 valence electrons. The minimum atomic E-state index is -4.54. The second kappa shape index (κ2) is 7.71. The van der Waals surface area contributed by atoms with Crippen molar-refractivity contribution >= 4 is 33.7 Å². The third kappa shape index (κ3) is 5.59. The van der Waals surface area contributed by atoms with Crippen LogP contribution in [0.4, 0.5) is 13.2 Å². The van der Waals surface area contributed by atoms with Gasteiger partial charge in [-0.1, -0.05) is 22.0 Å². The second-order valence-electron chi connectivity index (χ2n) is 3.91. The number of hydrogen-bond acceptors (Lipinski definition) is 4. The standard InChI is InChI=1S/C13H11BrF3NO2S/c1-2-20-11(19)5-9-3-8(6-14)4-10(7-18)12(9)21-13(15,16)17/h3-4H,2,5-6H2,1H3. The Balaban J connectivity index is 3.29. The van der Waals surface area contributed by atoms with Gasteiger partial charge >= 0.3 is 11.5 Å². The molecule has 0 aliphatic rings. The summed E-state index contributed by atoms with van der Waals surface area (Å²) in [6, 6.07) is 4.59. The van der Waals surface area contributed by atoms with Crippen LogP contribution < -0.4 is 0 Å². The molecule has 0 bridgehead atoms. The molecular weight excluding hydrogens is 371 g/mol. The average molecular weight is 382 g/mol. The lowest BCUT2D eigenvalue weighted by Gasteiger charge is -2.14. The maximum absolute atomic E-state index is 12.6. The van der Waals surface area contributed by atoms with Crippen LogP contribution >= 0.6 is 27.7 Å². The highest BCUT2D eigenvalue weighted by Gasteiger charge is 2.32. The Labute approximate surface area is 132 Å². The first-order chi connectivity index (χ1) is 9.80. The summed E-state index contributed by atoms with van der Waals surface area (Å²) in [7, 11) is 0. The number of carbonyl (C=O) groups excluding carboxylic acids is 1.